The van der Waals surface area contributed by atoms with Crippen molar-refractivity contribution in [3.63, 3.8) is 0 Å². The third-order valence-electron chi connectivity index (χ3n) is 6.01. The number of aromatic amines is 1. The molecule has 0 bridgehead atoms. The highest BCUT2D eigenvalue weighted by atomic mass is 16.4. The van der Waals surface area contributed by atoms with Crippen molar-refractivity contribution in [3.05, 3.63) is 18.2 Å². The van der Waals surface area contributed by atoms with Crippen molar-refractivity contribution in [1.29, 1.82) is 0 Å². The Balaban J connectivity index is 2.15. The SMILES string of the molecule is CCC(C)C(NC(=O)C(Cc1cnc[nH]1)NC(=O)C(NC(=O)C1CCCN1)C(C)C)C(=O)O. The van der Waals surface area contributed by atoms with Crippen LogP contribution in [0.25, 0.3) is 0 Å². The van der Waals surface area contributed by atoms with Gasteiger partial charge >= 0.3 is 5.97 Å². The first-order valence-electron chi connectivity index (χ1n) is 11.5. The zero-order valence-corrected chi connectivity index (χ0v) is 19.7. The zero-order valence-electron chi connectivity index (χ0n) is 19.7. The number of hydrogen-bond donors (Lipinski definition) is 6. The van der Waals surface area contributed by atoms with Gasteiger partial charge < -0.3 is 31.4 Å². The number of carboxylic acid groups (broad SMARTS) is 1. The van der Waals surface area contributed by atoms with Gasteiger partial charge in [-0.3, -0.25) is 14.4 Å². The van der Waals surface area contributed by atoms with Crippen molar-refractivity contribution in [1.82, 2.24) is 31.2 Å². The largest absolute Gasteiger partial charge is 0.480 e. The molecule has 33 heavy (non-hydrogen) atoms. The molecule has 5 unspecified atom stereocenters. The summed E-state index contributed by atoms with van der Waals surface area (Å²) in [5.41, 5.74) is 0.603. The van der Waals surface area contributed by atoms with Gasteiger partial charge in [0, 0.05) is 18.3 Å². The summed E-state index contributed by atoms with van der Waals surface area (Å²) in [6, 6.07) is -3.32. The lowest BCUT2D eigenvalue weighted by molar-refractivity contribution is -0.143. The molecule has 1 saturated heterocycles. The van der Waals surface area contributed by atoms with Crippen molar-refractivity contribution in [3.8, 4) is 0 Å². The molecule has 11 heteroatoms. The fraction of sp³-hybridized carbons (Fsp3) is 0.682. The quantitative estimate of drug-likeness (QED) is 0.252. The number of aliphatic carboxylic acids is 1. The van der Waals surface area contributed by atoms with Crippen molar-refractivity contribution >= 4 is 23.7 Å². The topological polar surface area (TPSA) is 165 Å². The number of aromatic nitrogens is 2. The van der Waals surface area contributed by atoms with Gasteiger partial charge in [-0.15, -0.1) is 0 Å². The fourth-order valence-corrected chi connectivity index (χ4v) is 3.72. The molecule has 1 aromatic rings. The number of nitrogens with zero attached hydrogens (tertiary/aromatic N) is 1. The number of imidazole rings is 1. The van der Waals surface area contributed by atoms with Crippen LogP contribution >= 0.6 is 0 Å². The second kappa shape index (κ2) is 12.3. The molecule has 1 aromatic heterocycles. The Morgan fingerprint density at radius 3 is 2.36 bits per heavy atom. The standard InChI is InChI=1S/C22H36N6O5/c1-5-13(4)18(22(32)33)28-20(30)16(9-14-10-23-11-25-14)26-21(31)17(12(2)3)27-19(29)15-7-6-8-24-15/h10-13,15-18,24H,5-9H2,1-4H3,(H,23,25)(H,26,31)(H,27,29)(H,28,30)(H,32,33). The maximum Gasteiger partial charge on any atom is 0.326 e. The van der Waals surface area contributed by atoms with Gasteiger partial charge in [-0.25, -0.2) is 9.78 Å². The molecule has 1 aliphatic rings. The minimum atomic E-state index is -1.14. The number of H-pyrrole nitrogens is 1. The second-order valence-corrected chi connectivity index (χ2v) is 8.93. The number of carboxylic acids is 1. The predicted octanol–water partition coefficient (Wildman–Crippen LogP) is -0.0547. The Hall–Kier alpha value is -2.95. The minimum absolute atomic E-state index is 0.0906. The van der Waals surface area contributed by atoms with E-state index in [2.05, 4.69) is 31.2 Å². The first kappa shape index (κ1) is 26.3. The molecular weight excluding hydrogens is 428 g/mol. The van der Waals surface area contributed by atoms with E-state index in [1.165, 1.54) is 12.5 Å². The van der Waals surface area contributed by atoms with E-state index in [0.29, 0.717) is 18.5 Å². The number of carbonyl (C=O) groups excluding carboxylic acids is 3. The summed E-state index contributed by atoms with van der Waals surface area (Å²) in [6.45, 7) is 7.94. The van der Waals surface area contributed by atoms with Crippen LogP contribution in [0.4, 0.5) is 0 Å². The highest BCUT2D eigenvalue weighted by Crippen LogP contribution is 2.11. The summed E-state index contributed by atoms with van der Waals surface area (Å²) in [5, 5.41) is 20.7. The maximum absolute atomic E-state index is 13.1. The summed E-state index contributed by atoms with van der Waals surface area (Å²) in [5.74, 6) is -3.03. The monoisotopic (exact) mass is 464 g/mol. The molecule has 1 fully saturated rings. The van der Waals surface area contributed by atoms with Crippen molar-refractivity contribution in [2.45, 2.75) is 77.5 Å². The lowest BCUT2D eigenvalue weighted by atomic mass is 9.98. The van der Waals surface area contributed by atoms with Gasteiger partial charge in [0.1, 0.15) is 18.1 Å². The molecule has 6 N–H and O–H groups in total. The molecule has 0 saturated carbocycles. The van der Waals surface area contributed by atoms with Gasteiger partial charge in [-0.1, -0.05) is 34.1 Å². The van der Waals surface area contributed by atoms with Crippen LogP contribution in [0, 0.1) is 11.8 Å². The van der Waals surface area contributed by atoms with Crippen molar-refractivity contribution in [2.24, 2.45) is 11.8 Å². The summed E-state index contributed by atoms with van der Waals surface area (Å²) < 4.78 is 0. The molecule has 11 nitrogen and oxygen atoms in total. The number of hydrogen-bond acceptors (Lipinski definition) is 6. The molecule has 3 amide bonds. The van der Waals surface area contributed by atoms with Gasteiger partial charge in [0.15, 0.2) is 0 Å². The van der Waals surface area contributed by atoms with Crippen LogP contribution in [0.2, 0.25) is 0 Å². The van der Waals surface area contributed by atoms with Crippen molar-refractivity contribution < 1.29 is 24.3 Å². The van der Waals surface area contributed by atoms with E-state index < -0.39 is 35.9 Å². The predicted molar refractivity (Wildman–Crippen MR) is 121 cm³/mol. The number of rotatable bonds is 12. The Labute approximate surface area is 193 Å². The van der Waals surface area contributed by atoms with Crippen LogP contribution in [-0.2, 0) is 25.6 Å². The second-order valence-electron chi connectivity index (χ2n) is 8.93. The van der Waals surface area contributed by atoms with Crippen LogP contribution in [0.3, 0.4) is 0 Å². The van der Waals surface area contributed by atoms with Gasteiger partial charge in [0.2, 0.25) is 17.7 Å². The number of amides is 3. The summed E-state index contributed by atoms with van der Waals surface area (Å²) >= 11 is 0. The Morgan fingerprint density at radius 2 is 1.85 bits per heavy atom. The lowest BCUT2D eigenvalue weighted by Gasteiger charge is -2.27. The maximum atomic E-state index is 13.1. The van der Waals surface area contributed by atoms with E-state index in [0.717, 1.165) is 13.0 Å². The normalized spacial score (nSPS) is 19.4. The first-order chi connectivity index (χ1) is 15.6. The van der Waals surface area contributed by atoms with Gasteiger partial charge in [0.25, 0.3) is 0 Å². The molecule has 0 radical (unpaired) electrons. The Bertz CT molecular complexity index is 806. The van der Waals surface area contributed by atoms with E-state index in [1.54, 1.807) is 20.8 Å². The molecule has 2 heterocycles. The minimum Gasteiger partial charge on any atom is -0.480 e. The van der Waals surface area contributed by atoms with Crippen LogP contribution in [0.1, 0.15) is 52.7 Å². The number of carbonyl (C=O) groups is 4. The van der Waals surface area contributed by atoms with Crippen LogP contribution in [0.5, 0.6) is 0 Å². The van der Waals surface area contributed by atoms with E-state index >= 15 is 0 Å². The molecule has 1 aliphatic heterocycles. The average Bonchev–Trinajstić information content (AvgIpc) is 3.48. The molecule has 0 spiro atoms. The molecule has 2 rings (SSSR count). The molecule has 0 aromatic carbocycles. The van der Waals surface area contributed by atoms with Crippen molar-refractivity contribution in [2.75, 3.05) is 6.54 Å². The first-order valence-corrected chi connectivity index (χ1v) is 11.5. The van der Waals surface area contributed by atoms with Crippen LogP contribution in [0.15, 0.2) is 12.5 Å². The average molecular weight is 465 g/mol. The van der Waals surface area contributed by atoms with E-state index in [9.17, 15) is 24.3 Å². The smallest absolute Gasteiger partial charge is 0.326 e. The highest BCUT2D eigenvalue weighted by molar-refractivity contribution is 5.94. The highest BCUT2D eigenvalue weighted by Gasteiger charge is 2.34. The van der Waals surface area contributed by atoms with Gasteiger partial charge in [-0.2, -0.15) is 0 Å². The fourth-order valence-electron chi connectivity index (χ4n) is 3.72. The van der Waals surface area contributed by atoms with Crippen LogP contribution in [-0.4, -0.2) is 69.5 Å². The molecular formula is C22H36N6O5. The van der Waals surface area contributed by atoms with Gasteiger partial charge in [0.05, 0.1) is 12.4 Å². The molecule has 184 valence electrons. The third kappa shape index (κ3) is 7.55. The molecule has 0 aliphatic carbocycles. The number of nitrogens with one attached hydrogen (secondary N) is 5. The summed E-state index contributed by atoms with van der Waals surface area (Å²) in [6.07, 6.45) is 5.23. The summed E-state index contributed by atoms with van der Waals surface area (Å²) in [4.78, 5) is 57.2. The molecule has 5 atom stereocenters. The zero-order chi connectivity index (χ0) is 24.5. The van der Waals surface area contributed by atoms with Crippen LogP contribution < -0.4 is 21.3 Å². The Kier molecular flexibility index (Phi) is 9.83. The van der Waals surface area contributed by atoms with E-state index in [-0.39, 0.29) is 30.2 Å². The van der Waals surface area contributed by atoms with E-state index in [1.807, 2.05) is 6.92 Å². The van der Waals surface area contributed by atoms with Gasteiger partial charge in [-0.05, 0) is 31.2 Å². The lowest BCUT2D eigenvalue weighted by Crippen LogP contribution is -2.59. The Morgan fingerprint density at radius 1 is 1.12 bits per heavy atom. The van der Waals surface area contributed by atoms with E-state index in [4.69, 9.17) is 0 Å². The summed E-state index contributed by atoms with van der Waals surface area (Å²) in [7, 11) is 0. The third-order valence-corrected chi connectivity index (χ3v) is 6.01.